The summed E-state index contributed by atoms with van der Waals surface area (Å²) < 4.78 is 0. The maximum absolute atomic E-state index is 12.6. The molecule has 0 saturated carbocycles. The van der Waals surface area contributed by atoms with Crippen LogP contribution in [-0.4, -0.2) is 11.0 Å². The number of carbonyl (C=O) groups excluding carboxylic acids is 1. The number of hydrogen-bond acceptors (Lipinski definition) is 4. The van der Waals surface area contributed by atoms with Crippen LogP contribution in [0.3, 0.4) is 0 Å². The van der Waals surface area contributed by atoms with Gasteiger partial charge in [0.15, 0.2) is 0 Å². The predicted octanol–water partition coefficient (Wildman–Crippen LogP) is 11.3. The lowest BCUT2D eigenvalue weighted by Crippen LogP contribution is -2.13. The summed E-state index contributed by atoms with van der Waals surface area (Å²) in [6.45, 7) is 20.9. The lowest BCUT2D eigenvalue weighted by Gasteiger charge is -2.12. The summed E-state index contributed by atoms with van der Waals surface area (Å²) in [4.78, 5) is 17.4. The first-order chi connectivity index (χ1) is 18.8. The minimum absolute atomic E-state index is 0.228. The van der Waals surface area contributed by atoms with Crippen molar-refractivity contribution in [3.8, 4) is 6.07 Å². The van der Waals surface area contributed by atoms with Gasteiger partial charge in [-0.1, -0.05) is 116 Å². The molecule has 0 aliphatic heterocycles. The van der Waals surface area contributed by atoms with Crippen molar-refractivity contribution >= 4 is 34.1 Å². The highest BCUT2D eigenvalue weighted by molar-refractivity contribution is 8.16. The Hall–Kier alpha value is -3.10. The fourth-order valence-electron chi connectivity index (χ4n) is 2.45. The topological polar surface area (TPSA) is 65.2 Å². The van der Waals surface area contributed by atoms with Crippen LogP contribution in [0.5, 0.6) is 0 Å². The number of nitriles is 1. The summed E-state index contributed by atoms with van der Waals surface area (Å²) >= 11 is 1.60. The average Bonchev–Trinajstić information content (AvgIpc) is 3.00. The van der Waals surface area contributed by atoms with Crippen LogP contribution in [0, 0.1) is 11.3 Å². The first-order valence-electron chi connectivity index (χ1n) is 14.3. The number of unbranched alkanes of at least 4 members (excludes halogenated alkanes) is 2. The molecule has 4 nitrogen and oxygen atoms in total. The second kappa shape index (κ2) is 25.2. The van der Waals surface area contributed by atoms with E-state index >= 15 is 0 Å². The van der Waals surface area contributed by atoms with Crippen LogP contribution in [0.15, 0.2) is 70.6 Å². The van der Waals surface area contributed by atoms with Crippen molar-refractivity contribution in [3.63, 3.8) is 0 Å². The van der Waals surface area contributed by atoms with Gasteiger partial charge in [-0.05, 0) is 62.9 Å². The van der Waals surface area contributed by atoms with Gasteiger partial charge in [0, 0.05) is 11.1 Å². The molecule has 2 aromatic carbocycles. The molecule has 39 heavy (non-hydrogen) atoms. The molecule has 0 aliphatic rings. The predicted molar refractivity (Wildman–Crippen MR) is 176 cm³/mol. The van der Waals surface area contributed by atoms with Crippen LogP contribution in [0.2, 0.25) is 0 Å². The standard InChI is InChI=1S/C24H25N3OS.2C4H10.C2H6/c1-5-17(3)16-29-18(4)26-22(6-2)21-9-7-8-10-23(21)27-24(28)20-13-11-19(15-25)12-14-20;2*1-3-4-2;1-2/h6-14,16H,5H2,1-4H3,(H,27,28);2*3-4H2,1-2H3;1-2H3/b17-16+,22-6-,26-18?;;;. The highest BCUT2D eigenvalue weighted by Crippen LogP contribution is 2.27. The van der Waals surface area contributed by atoms with E-state index in [1.807, 2.05) is 58.0 Å². The molecule has 0 aromatic heterocycles. The Kier molecular flexibility index (Phi) is 24.6. The fraction of sp³-hybridized carbons (Fsp3) is 0.441. The number of carbonyl (C=O) groups is 1. The van der Waals surface area contributed by atoms with Gasteiger partial charge < -0.3 is 5.32 Å². The molecule has 2 rings (SSSR count). The van der Waals surface area contributed by atoms with Gasteiger partial charge in [0.2, 0.25) is 0 Å². The second-order valence-electron chi connectivity index (χ2n) is 8.43. The summed E-state index contributed by atoms with van der Waals surface area (Å²) in [5.74, 6) is -0.228. The minimum atomic E-state index is -0.228. The number of nitrogens with one attached hydrogen (secondary N) is 1. The molecule has 5 heteroatoms. The van der Waals surface area contributed by atoms with Crippen molar-refractivity contribution < 1.29 is 4.79 Å². The normalized spacial score (nSPS) is 10.9. The Balaban J connectivity index is 0. The summed E-state index contributed by atoms with van der Waals surface area (Å²) in [6, 6.07) is 16.2. The van der Waals surface area contributed by atoms with Crippen LogP contribution >= 0.6 is 11.8 Å². The van der Waals surface area contributed by atoms with Gasteiger partial charge in [-0.3, -0.25) is 4.79 Å². The molecule has 0 heterocycles. The SMILES string of the molecule is C/C=C(\N=C(C)S/C=C(\C)CC)c1ccccc1NC(=O)c1ccc(C#N)cc1.CC.CCCC.CCCC. The zero-order valence-corrected chi connectivity index (χ0v) is 26.8. The van der Waals surface area contributed by atoms with Gasteiger partial charge in [-0.25, -0.2) is 4.99 Å². The van der Waals surface area contributed by atoms with E-state index in [1.165, 1.54) is 31.3 Å². The number of aliphatic imine (C=N–C) groups is 1. The van der Waals surface area contributed by atoms with Gasteiger partial charge in [-0.15, -0.1) is 0 Å². The van der Waals surface area contributed by atoms with E-state index < -0.39 is 0 Å². The molecule has 0 bridgehead atoms. The Morgan fingerprint density at radius 1 is 0.923 bits per heavy atom. The minimum Gasteiger partial charge on any atom is -0.321 e. The molecular formula is C34H51N3OS. The van der Waals surface area contributed by atoms with Gasteiger partial charge in [-0.2, -0.15) is 5.26 Å². The maximum atomic E-state index is 12.6. The van der Waals surface area contributed by atoms with Crippen LogP contribution in [-0.2, 0) is 0 Å². The molecule has 0 fully saturated rings. The number of amides is 1. The van der Waals surface area contributed by atoms with E-state index in [9.17, 15) is 4.79 Å². The number of benzene rings is 2. The summed E-state index contributed by atoms with van der Waals surface area (Å²) in [7, 11) is 0. The average molecular weight is 550 g/mol. The molecule has 1 amide bonds. The molecule has 1 N–H and O–H groups in total. The van der Waals surface area contributed by atoms with E-state index in [-0.39, 0.29) is 5.91 Å². The molecule has 2 aromatic rings. The summed E-state index contributed by atoms with van der Waals surface area (Å²) in [5.41, 5.74) is 4.67. The van der Waals surface area contributed by atoms with Crippen LogP contribution in [0.25, 0.3) is 5.70 Å². The first-order valence-corrected chi connectivity index (χ1v) is 15.1. The molecule has 0 atom stereocenters. The lowest BCUT2D eigenvalue weighted by molar-refractivity contribution is 0.102. The number of rotatable bonds is 8. The number of para-hydroxylation sites is 1. The van der Waals surface area contributed by atoms with Gasteiger partial charge in [0.05, 0.1) is 28.1 Å². The molecule has 214 valence electrons. The number of hydrogen-bond donors (Lipinski definition) is 1. The van der Waals surface area contributed by atoms with Crippen LogP contribution in [0.1, 0.15) is 123 Å². The monoisotopic (exact) mass is 549 g/mol. The van der Waals surface area contributed by atoms with E-state index in [0.29, 0.717) is 16.8 Å². The molecule has 0 saturated heterocycles. The Labute approximate surface area is 243 Å². The van der Waals surface area contributed by atoms with E-state index in [1.54, 1.807) is 36.0 Å². The quantitative estimate of drug-likeness (QED) is 0.263. The third kappa shape index (κ3) is 17.2. The molecule has 0 radical (unpaired) electrons. The van der Waals surface area contributed by atoms with E-state index in [4.69, 9.17) is 10.3 Å². The number of thioether (sulfide) groups is 1. The number of nitrogens with zero attached hydrogens (tertiary/aromatic N) is 2. The number of anilines is 1. The van der Waals surface area contributed by atoms with Crippen molar-refractivity contribution in [2.45, 2.75) is 101 Å². The van der Waals surface area contributed by atoms with Crippen molar-refractivity contribution in [2.75, 3.05) is 5.32 Å². The lowest BCUT2D eigenvalue weighted by atomic mass is 10.1. The molecule has 0 unspecified atom stereocenters. The third-order valence-electron chi connectivity index (χ3n) is 5.27. The molecule has 0 spiro atoms. The van der Waals surface area contributed by atoms with Crippen molar-refractivity contribution in [1.29, 1.82) is 5.26 Å². The van der Waals surface area contributed by atoms with E-state index in [0.717, 1.165) is 22.7 Å². The molecule has 0 aliphatic carbocycles. The molecular weight excluding hydrogens is 498 g/mol. The Morgan fingerprint density at radius 3 is 1.92 bits per heavy atom. The van der Waals surface area contributed by atoms with E-state index in [2.05, 4.69) is 58.3 Å². The summed E-state index contributed by atoms with van der Waals surface area (Å²) in [6.07, 6.45) is 8.23. The van der Waals surface area contributed by atoms with Crippen molar-refractivity contribution in [2.24, 2.45) is 4.99 Å². The van der Waals surface area contributed by atoms with Crippen LogP contribution in [0.4, 0.5) is 5.69 Å². The largest absolute Gasteiger partial charge is 0.321 e. The Bertz CT molecular complexity index is 1050. The maximum Gasteiger partial charge on any atom is 0.255 e. The summed E-state index contributed by atoms with van der Waals surface area (Å²) in [5, 5.41) is 14.9. The zero-order chi connectivity index (χ0) is 30.1. The Morgan fingerprint density at radius 2 is 1.46 bits per heavy atom. The second-order valence-corrected chi connectivity index (χ2v) is 9.49. The van der Waals surface area contributed by atoms with Crippen molar-refractivity contribution in [1.82, 2.24) is 0 Å². The van der Waals surface area contributed by atoms with Crippen LogP contribution < -0.4 is 5.32 Å². The van der Waals surface area contributed by atoms with Gasteiger partial charge >= 0.3 is 0 Å². The fourth-order valence-corrected chi connectivity index (χ4v) is 3.14. The highest BCUT2D eigenvalue weighted by atomic mass is 32.2. The first kappa shape index (κ1) is 38.0. The van der Waals surface area contributed by atoms with Gasteiger partial charge in [0.1, 0.15) is 0 Å². The highest BCUT2D eigenvalue weighted by Gasteiger charge is 2.11. The number of allylic oxidation sites excluding steroid dienone is 2. The van der Waals surface area contributed by atoms with Crippen molar-refractivity contribution in [3.05, 3.63) is 82.3 Å². The third-order valence-corrected chi connectivity index (χ3v) is 6.22. The zero-order valence-electron chi connectivity index (χ0n) is 26.0. The van der Waals surface area contributed by atoms with Gasteiger partial charge in [0.25, 0.3) is 5.91 Å². The smallest absolute Gasteiger partial charge is 0.255 e.